The fraction of sp³-hybridized carbons (Fsp3) is 0.250. The molecule has 2 aromatic rings. The Kier molecular flexibility index (Phi) is 3.10. The number of hydrogen-bond acceptors (Lipinski definition) is 3. The average molecular weight is 249 g/mol. The lowest BCUT2D eigenvalue weighted by Gasteiger charge is -2.04. The Morgan fingerprint density at radius 3 is 2.78 bits per heavy atom. The summed E-state index contributed by atoms with van der Waals surface area (Å²) in [5, 5.41) is 16.4. The van der Waals surface area contributed by atoms with Crippen molar-refractivity contribution in [2.45, 2.75) is 20.3 Å². The number of nitrogens with zero attached hydrogens (tertiary/aromatic N) is 3. The Morgan fingerprint density at radius 1 is 1.44 bits per heavy atom. The van der Waals surface area contributed by atoms with Crippen LogP contribution in [0.4, 0.5) is 4.39 Å². The molecule has 0 aliphatic heterocycles. The highest BCUT2D eigenvalue weighted by atomic mass is 19.1. The van der Waals surface area contributed by atoms with E-state index in [-0.39, 0.29) is 12.2 Å². The zero-order valence-corrected chi connectivity index (χ0v) is 10.0. The van der Waals surface area contributed by atoms with Gasteiger partial charge in [0.1, 0.15) is 5.82 Å². The minimum Gasteiger partial charge on any atom is -0.481 e. The van der Waals surface area contributed by atoms with E-state index in [1.54, 1.807) is 26.0 Å². The number of rotatable bonds is 3. The number of carbonyl (C=O) groups is 1. The quantitative estimate of drug-likeness (QED) is 0.898. The molecule has 0 unspecified atom stereocenters. The summed E-state index contributed by atoms with van der Waals surface area (Å²) in [6.07, 6.45) is -0.194. The normalized spacial score (nSPS) is 10.6. The molecular weight excluding hydrogens is 237 g/mol. The molecule has 1 N–H and O–H groups in total. The molecule has 0 aliphatic carbocycles. The summed E-state index contributed by atoms with van der Waals surface area (Å²) in [5.74, 6) is -1.30. The number of carboxylic acid groups (broad SMARTS) is 1. The molecule has 6 heteroatoms. The van der Waals surface area contributed by atoms with Gasteiger partial charge in [0.25, 0.3) is 0 Å². The summed E-state index contributed by atoms with van der Waals surface area (Å²) in [5.41, 5.74) is 2.05. The molecule has 1 aromatic heterocycles. The Hall–Kier alpha value is -2.24. The maximum Gasteiger partial charge on any atom is 0.309 e. The van der Waals surface area contributed by atoms with Crippen molar-refractivity contribution in [3.8, 4) is 5.69 Å². The van der Waals surface area contributed by atoms with Crippen molar-refractivity contribution < 1.29 is 14.3 Å². The van der Waals surface area contributed by atoms with Gasteiger partial charge in [0, 0.05) is 0 Å². The SMILES string of the molecule is Cc1ccc(-n2nnc(CC(=O)O)c2C)cc1F. The van der Waals surface area contributed by atoms with Crippen molar-refractivity contribution in [1.29, 1.82) is 0 Å². The Morgan fingerprint density at radius 2 is 2.17 bits per heavy atom. The van der Waals surface area contributed by atoms with Crippen LogP contribution < -0.4 is 0 Å². The van der Waals surface area contributed by atoms with E-state index < -0.39 is 5.97 Å². The molecule has 18 heavy (non-hydrogen) atoms. The predicted molar refractivity (Wildman–Crippen MR) is 62.1 cm³/mol. The van der Waals surface area contributed by atoms with E-state index in [0.717, 1.165) is 0 Å². The molecule has 0 aliphatic rings. The van der Waals surface area contributed by atoms with Gasteiger partial charge < -0.3 is 5.11 Å². The number of halogens is 1. The minimum atomic E-state index is -0.972. The molecule has 0 amide bonds. The lowest BCUT2D eigenvalue weighted by Crippen LogP contribution is -2.04. The van der Waals surface area contributed by atoms with Crippen LogP contribution in [0.15, 0.2) is 18.2 Å². The fourth-order valence-corrected chi connectivity index (χ4v) is 1.63. The van der Waals surface area contributed by atoms with Gasteiger partial charge in [0.15, 0.2) is 0 Å². The van der Waals surface area contributed by atoms with E-state index >= 15 is 0 Å². The van der Waals surface area contributed by atoms with E-state index in [1.165, 1.54) is 10.7 Å². The van der Waals surface area contributed by atoms with E-state index in [0.29, 0.717) is 22.6 Å². The average Bonchev–Trinajstić information content (AvgIpc) is 2.64. The summed E-state index contributed by atoms with van der Waals surface area (Å²) in [7, 11) is 0. The first-order valence-corrected chi connectivity index (χ1v) is 5.38. The molecule has 0 bridgehead atoms. The molecular formula is C12H12FN3O2. The molecule has 94 valence electrons. The van der Waals surface area contributed by atoms with Crippen LogP contribution in [-0.4, -0.2) is 26.1 Å². The summed E-state index contributed by atoms with van der Waals surface area (Å²) < 4.78 is 14.9. The highest BCUT2D eigenvalue weighted by molar-refractivity contribution is 5.69. The van der Waals surface area contributed by atoms with Gasteiger partial charge in [0.05, 0.1) is 23.5 Å². The van der Waals surface area contributed by atoms with Crippen molar-refractivity contribution in [3.63, 3.8) is 0 Å². The molecule has 0 saturated heterocycles. The van der Waals surface area contributed by atoms with Gasteiger partial charge in [0.2, 0.25) is 0 Å². The van der Waals surface area contributed by atoms with Gasteiger partial charge in [-0.1, -0.05) is 11.3 Å². The second-order valence-corrected chi connectivity index (χ2v) is 4.04. The maximum absolute atomic E-state index is 13.5. The first-order valence-electron chi connectivity index (χ1n) is 5.38. The predicted octanol–water partition coefficient (Wildman–Crippen LogP) is 1.65. The maximum atomic E-state index is 13.5. The van der Waals surface area contributed by atoms with Gasteiger partial charge in [-0.15, -0.1) is 5.10 Å². The Labute approximate surface area is 103 Å². The van der Waals surface area contributed by atoms with Crippen molar-refractivity contribution in [1.82, 2.24) is 15.0 Å². The van der Waals surface area contributed by atoms with Gasteiger partial charge in [-0.2, -0.15) is 0 Å². The standard InChI is InChI=1S/C12H12FN3O2/c1-7-3-4-9(5-10(7)13)16-8(2)11(14-15-16)6-12(17)18/h3-5H,6H2,1-2H3,(H,17,18). The molecule has 0 saturated carbocycles. The van der Waals surface area contributed by atoms with Crippen LogP contribution in [-0.2, 0) is 11.2 Å². The first-order chi connectivity index (χ1) is 8.49. The summed E-state index contributed by atoms with van der Waals surface area (Å²) >= 11 is 0. The second-order valence-electron chi connectivity index (χ2n) is 4.04. The zero-order chi connectivity index (χ0) is 13.3. The van der Waals surface area contributed by atoms with Crippen molar-refractivity contribution in [2.24, 2.45) is 0 Å². The lowest BCUT2D eigenvalue weighted by atomic mass is 10.2. The van der Waals surface area contributed by atoms with Crippen molar-refractivity contribution in [2.75, 3.05) is 0 Å². The third-order valence-electron chi connectivity index (χ3n) is 2.71. The number of carboxylic acids is 1. The minimum absolute atomic E-state index is 0.194. The molecule has 2 rings (SSSR count). The fourth-order valence-electron chi connectivity index (χ4n) is 1.63. The number of aromatic nitrogens is 3. The van der Waals surface area contributed by atoms with Crippen LogP contribution in [0.25, 0.3) is 5.69 Å². The Bertz CT molecular complexity index is 607. The van der Waals surface area contributed by atoms with Gasteiger partial charge in [-0.3, -0.25) is 4.79 Å². The highest BCUT2D eigenvalue weighted by Crippen LogP contribution is 2.16. The number of benzene rings is 1. The summed E-state index contributed by atoms with van der Waals surface area (Å²) in [6.45, 7) is 3.37. The largest absolute Gasteiger partial charge is 0.481 e. The lowest BCUT2D eigenvalue weighted by molar-refractivity contribution is -0.136. The van der Waals surface area contributed by atoms with E-state index in [2.05, 4.69) is 10.3 Å². The first kappa shape index (κ1) is 12.2. The van der Waals surface area contributed by atoms with Gasteiger partial charge in [-0.05, 0) is 31.5 Å². The third-order valence-corrected chi connectivity index (χ3v) is 2.71. The second kappa shape index (κ2) is 4.56. The molecule has 0 atom stereocenters. The van der Waals surface area contributed by atoms with Crippen molar-refractivity contribution >= 4 is 5.97 Å². The van der Waals surface area contributed by atoms with Crippen LogP contribution in [0, 0.1) is 19.7 Å². The molecule has 1 heterocycles. The third kappa shape index (κ3) is 2.22. The smallest absolute Gasteiger partial charge is 0.309 e. The van der Waals surface area contributed by atoms with E-state index in [1.807, 2.05) is 0 Å². The summed E-state index contributed by atoms with van der Waals surface area (Å²) in [6, 6.07) is 4.70. The van der Waals surface area contributed by atoms with Crippen LogP contribution in [0.2, 0.25) is 0 Å². The number of aliphatic carboxylic acids is 1. The van der Waals surface area contributed by atoms with Gasteiger partial charge in [-0.25, -0.2) is 9.07 Å². The molecule has 1 aromatic carbocycles. The molecule has 0 spiro atoms. The van der Waals surface area contributed by atoms with E-state index in [9.17, 15) is 9.18 Å². The van der Waals surface area contributed by atoms with E-state index in [4.69, 9.17) is 5.11 Å². The monoisotopic (exact) mass is 249 g/mol. The van der Waals surface area contributed by atoms with Crippen LogP contribution in [0.3, 0.4) is 0 Å². The van der Waals surface area contributed by atoms with Crippen LogP contribution in [0.1, 0.15) is 17.0 Å². The topological polar surface area (TPSA) is 68.0 Å². The number of hydrogen-bond donors (Lipinski definition) is 1. The van der Waals surface area contributed by atoms with Crippen LogP contribution in [0.5, 0.6) is 0 Å². The molecule has 0 radical (unpaired) electrons. The molecule has 0 fully saturated rings. The highest BCUT2D eigenvalue weighted by Gasteiger charge is 2.13. The summed E-state index contributed by atoms with van der Waals surface area (Å²) in [4.78, 5) is 10.6. The Balaban J connectivity index is 2.42. The van der Waals surface area contributed by atoms with Crippen molar-refractivity contribution in [3.05, 3.63) is 41.0 Å². The molecule has 5 nitrogen and oxygen atoms in total. The zero-order valence-electron chi connectivity index (χ0n) is 10.0. The van der Waals surface area contributed by atoms with Gasteiger partial charge >= 0.3 is 5.97 Å². The van der Waals surface area contributed by atoms with Crippen LogP contribution >= 0.6 is 0 Å². The number of aryl methyl sites for hydroxylation is 1.